The summed E-state index contributed by atoms with van der Waals surface area (Å²) in [5.41, 5.74) is 0.381. The summed E-state index contributed by atoms with van der Waals surface area (Å²) in [4.78, 5) is 15.2. The Morgan fingerprint density at radius 3 is 2.93 bits per heavy atom. The minimum atomic E-state index is -0.397. The summed E-state index contributed by atoms with van der Waals surface area (Å²) in [5, 5.41) is 0. The molecule has 0 aliphatic carbocycles. The van der Waals surface area contributed by atoms with Gasteiger partial charge in [-0.15, -0.1) is 0 Å². The number of rotatable bonds is 3. The number of hydrogen-bond acceptors (Lipinski definition) is 4. The largest absolute Gasteiger partial charge is 0.494 e. The van der Waals surface area contributed by atoms with E-state index in [0.29, 0.717) is 22.5 Å². The number of halogens is 1. The van der Waals surface area contributed by atoms with Gasteiger partial charge in [-0.05, 0) is 28.9 Å². The van der Waals surface area contributed by atoms with Gasteiger partial charge in [-0.3, -0.25) is 0 Å². The molecule has 0 aliphatic rings. The molecule has 76 valence electrons. The highest BCUT2D eigenvalue weighted by molar-refractivity contribution is 9.10. The normalized spacial score (nSPS) is 9.64. The van der Waals surface area contributed by atoms with Crippen molar-refractivity contribution in [3.8, 4) is 5.75 Å². The number of hydrogen-bond donors (Lipinski definition) is 0. The molecular weight excluding hydrogens is 250 g/mol. The standard InChI is InChI=1S/C9H10BrNO3/c1-3-14-9(12)6-4-7(13-2)8(10)11-5-6/h4-5H,3H2,1-2H3. The second-order valence-corrected chi connectivity index (χ2v) is 3.19. The lowest BCUT2D eigenvalue weighted by Gasteiger charge is -2.05. The monoisotopic (exact) mass is 259 g/mol. The van der Waals surface area contributed by atoms with E-state index in [2.05, 4.69) is 20.9 Å². The van der Waals surface area contributed by atoms with E-state index in [0.717, 1.165) is 0 Å². The van der Waals surface area contributed by atoms with Gasteiger partial charge in [0.15, 0.2) is 5.75 Å². The zero-order valence-corrected chi connectivity index (χ0v) is 9.50. The molecule has 14 heavy (non-hydrogen) atoms. The van der Waals surface area contributed by atoms with E-state index in [9.17, 15) is 4.79 Å². The molecule has 0 saturated heterocycles. The van der Waals surface area contributed by atoms with Crippen LogP contribution in [0, 0.1) is 0 Å². The average molecular weight is 260 g/mol. The van der Waals surface area contributed by atoms with Gasteiger partial charge in [0.2, 0.25) is 0 Å². The number of carbonyl (C=O) groups excluding carboxylic acids is 1. The maximum Gasteiger partial charge on any atom is 0.339 e. The van der Waals surface area contributed by atoms with Gasteiger partial charge in [-0.25, -0.2) is 9.78 Å². The number of esters is 1. The number of ether oxygens (including phenoxy) is 2. The highest BCUT2D eigenvalue weighted by Crippen LogP contribution is 2.22. The number of carbonyl (C=O) groups is 1. The first-order valence-corrected chi connectivity index (χ1v) is 4.85. The van der Waals surface area contributed by atoms with Gasteiger partial charge in [-0.2, -0.15) is 0 Å². The lowest BCUT2D eigenvalue weighted by molar-refractivity contribution is 0.0525. The smallest absolute Gasteiger partial charge is 0.339 e. The molecular formula is C9H10BrNO3. The summed E-state index contributed by atoms with van der Waals surface area (Å²) in [6.45, 7) is 2.10. The Bertz CT molecular complexity index is 341. The van der Waals surface area contributed by atoms with Crippen molar-refractivity contribution in [2.24, 2.45) is 0 Å². The highest BCUT2D eigenvalue weighted by atomic mass is 79.9. The second kappa shape index (κ2) is 4.95. The molecule has 0 atom stereocenters. The van der Waals surface area contributed by atoms with Crippen LogP contribution in [-0.4, -0.2) is 24.7 Å². The van der Waals surface area contributed by atoms with Gasteiger partial charge in [0.05, 0.1) is 19.3 Å². The summed E-state index contributed by atoms with van der Waals surface area (Å²) in [7, 11) is 1.51. The molecule has 1 aromatic rings. The Morgan fingerprint density at radius 1 is 1.64 bits per heavy atom. The van der Waals surface area contributed by atoms with Crippen molar-refractivity contribution in [2.75, 3.05) is 13.7 Å². The van der Waals surface area contributed by atoms with E-state index in [1.54, 1.807) is 13.0 Å². The van der Waals surface area contributed by atoms with Crippen LogP contribution in [0.1, 0.15) is 17.3 Å². The summed E-state index contributed by atoms with van der Waals surface area (Å²) >= 11 is 3.19. The third-order valence-corrected chi connectivity index (χ3v) is 2.13. The Kier molecular flexibility index (Phi) is 3.88. The van der Waals surface area contributed by atoms with Crippen molar-refractivity contribution in [3.05, 3.63) is 22.4 Å². The number of aromatic nitrogens is 1. The molecule has 0 spiro atoms. The van der Waals surface area contributed by atoms with Crippen molar-refractivity contribution in [1.29, 1.82) is 0 Å². The molecule has 0 saturated carbocycles. The summed E-state index contributed by atoms with van der Waals surface area (Å²) in [6, 6.07) is 1.58. The second-order valence-electron chi connectivity index (χ2n) is 2.44. The maximum absolute atomic E-state index is 11.3. The first-order chi connectivity index (χ1) is 6.69. The fourth-order valence-corrected chi connectivity index (χ4v) is 1.28. The molecule has 1 rings (SSSR count). The van der Waals surface area contributed by atoms with Gasteiger partial charge in [0.1, 0.15) is 4.60 Å². The van der Waals surface area contributed by atoms with Crippen LogP contribution < -0.4 is 4.74 Å². The lowest BCUT2D eigenvalue weighted by atomic mass is 10.3. The van der Waals surface area contributed by atoms with E-state index in [4.69, 9.17) is 9.47 Å². The molecule has 0 amide bonds. The Hall–Kier alpha value is -1.10. The van der Waals surface area contributed by atoms with Crippen LogP contribution in [0.4, 0.5) is 0 Å². The Balaban J connectivity index is 2.94. The molecule has 0 bridgehead atoms. The van der Waals surface area contributed by atoms with Gasteiger partial charge in [0.25, 0.3) is 0 Å². The molecule has 0 fully saturated rings. The SMILES string of the molecule is CCOC(=O)c1cnc(Br)c(OC)c1. The zero-order chi connectivity index (χ0) is 10.6. The van der Waals surface area contributed by atoms with Gasteiger partial charge in [-0.1, -0.05) is 0 Å². The average Bonchev–Trinajstić information content (AvgIpc) is 2.19. The first-order valence-electron chi connectivity index (χ1n) is 4.05. The first kappa shape index (κ1) is 11.0. The quantitative estimate of drug-likeness (QED) is 0.616. The maximum atomic E-state index is 11.3. The van der Waals surface area contributed by atoms with Crippen LogP contribution in [0.5, 0.6) is 5.75 Å². The van der Waals surface area contributed by atoms with Crippen LogP contribution in [0.3, 0.4) is 0 Å². The van der Waals surface area contributed by atoms with E-state index >= 15 is 0 Å². The van der Waals surface area contributed by atoms with Crippen LogP contribution in [0.25, 0.3) is 0 Å². The van der Waals surface area contributed by atoms with Crippen molar-refractivity contribution >= 4 is 21.9 Å². The van der Waals surface area contributed by atoms with E-state index < -0.39 is 5.97 Å². The number of nitrogens with zero attached hydrogens (tertiary/aromatic N) is 1. The predicted molar refractivity (Wildman–Crippen MR) is 54.4 cm³/mol. The minimum absolute atomic E-state index is 0.344. The fraction of sp³-hybridized carbons (Fsp3) is 0.333. The third-order valence-electron chi connectivity index (χ3n) is 1.54. The summed E-state index contributed by atoms with van der Waals surface area (Å²) in [6.07, 6.45) is 1.44. The van der Waals surface area contributed by atoms with E-state index in [1.165, 1.54) is 13.3 Å². The van der Waals surface area contributed by atoms with Crippen molar-refractivity contribution in [1.82, 2.24) is 4.98 Å². The third kappa shape index (κ3) is 2.45. The number of pyridine rings is 1. The van der Waals surface area contributed by atoms with Gasteiger partial charge >= 0.3 is 5.97 Å². The van der Waals surface area contributed by atoms with Crippen molar-refractivity contribution in [3.63, 3.8) is 0 Å². The molecule has 5 heteroatoms. The fourth-order valence-electron chi connectivity index (χ4n) is 0.897. The zero-order valence-electron chi connectivity index (χ0n) is 7.91. The highest BCUT2D eigenvalue weighted by Gasteiger charge is 2.10. The molecule has 4 nitrogen and oxygen atoms in total. The predicted octanol–water partition coefficient (Wildman–Crippen LogP) is 2.03. The molecule has 0 radical (unpaired) electrons. The van der Waals surface area contributed by atoms with Crippen LogP contribution >= 0.6 is 15.9 Å². The van der Waals surface area contributed by atoms with Crippen LogP contribution in [0.2, 0.25) is 0 Å². The van der Waals surface area contributed by atoms with Crippen LogP contribution in [-0.2, 0) is 4.74 Å². The molecule has 0 aromatic carbocycles. The summed E-state index contributed by atoms with van der Waals surface area (Å²) < 4.78 is 10.4. The lowest BCUT2D eigenvalue weighted by Crippen LogP contribution is -2.05. The van der Waals surface area contributed by atoms with Crippen LogP contribution in [0.15, 0.2) is 16.9 Å². The Morgan fingerprint density at radius 2 is 2.36 bits per heavy atom. The van der Waals surface area contributed by atoms with E-state index in [1.807, 2.05) is 0 Å². The number of methoxy groups -OCH3 is 1. The molecule has 1 heterocycles. The minimum Gasteiger partial charge on any atom is -0.494 e. The molecule has 0 N–H and O–H groups in total. The topological polar surface area (TPSA) is 48.4 Å². The molecule has 0 aliphatic heterocycles. The molecule has 0 unspecified atom stereocenters. The van der Waals surface area contributed by atoms with Crippen molar-refractivity contribution in [2.45, 2.75) is 6.92 Å². The Labute approximate surface area is 90.4 Å². The van der Waals surface area contributed by atoms with E-state index in [-0.39, 0.29) is 0 Å². The van der Waals surface area contributed by atoms with Gasteiger partial charge < -0.3 is 9.47 Å². The summed E-state index contributed by atoms with van der Waals surface area (Å²) in [5.74, 6) is 0.112. The van der Waals surface area contributed by atoms with Gasteiger partial charge in [0, 0.05) is 6.20 Å². The molecule has 1 aromatic heterocycles. The van der Waals surface area contributed by atoms with Crippen molar-refractivity contribution < 1.29 is 14.3 Å².